The maximum atomic E-state index is 11.4. The van der Waals surface area contributed by atoms with Crippen molar-refractivity contribution < 1.29 is 9.53 Å². The zero-order chi connectivity index (χ0) is 14.8. The first kappa shape index (κ1) is 16.7. The van der Waals surface area contributed by atoms with Crippen molar-refractivity contribution in [3.63, 3.8) is 0 Å². The van der Waals surface area contributed by atoms with Crippen LogP contribution in [-0.4, -0.2) is 42.5 Å². The summed E-state index contributed by atoms with van der Waals surface area (Å²) in [4.78, 5) is 11.4. The summed E-state index contributed by atoms with van der Waals surface area (Å²) in [7, 11) is 1.62. The SMILES string of the molecule is CCC(C)n1ccc(CNCCC(=O)NCCOC)n1. The van der Waals surface area contributed by atoms with E-state index in [0.29, 0.717) is 38.7 Å². The van der Waals surface area contributed by atoms with Crippen LogP contribution in [0.3, 0.4) is 0 Å². The molecule has 1 rings (SSSR count). The fourth-order valence-electron chi connectivity index (χ4n) is 1.70. The van der Waals surface area contributed by atoms with Crippen LogP contribution in [0.15, 0.2) is 12.3 Å². The minimum atomic E-state index is 0.0414. The highest BCUT2D eigenvalue weighted by molar-refractivity contribution is 5.75. The number of nitrogens with one attached hydrogen (secondary N) is 2. The van der Waals surface area contributed by atoms with Gasteiger partial charge in [0.2, 0.25) is 5.91 Å². The van der Waals surface area contributed by atoms with Gasteiger partial charge in [-0.05, 0) is 19.4 Å². The minimum absolute atomic E-state index is 0.0414. The van der Waals surface area contributed by atoms with Crippen LogP contribution in [0, 0.1) is 0 Å². The van der Waals surface area contributed by atoms with Gasteiger partial charge in [-0.2, -0.15) is 5.10 Å². The standard InChI is InChI=1S/C14H26N4O2/c1-4-12(2)18-9-6-13(17-18)11-15-7-5-14(19)16-8-10-20-3/h6,9,12,15H,4-5,7-8,10-11H2,1-3H3,(H,16,19). The minimum Gasteiger partial charge on any atom is -0.383 e. The number of amides is 1. The molecule has 2 N–H and O–H groups in total. The van der Waals surface area contributed by atoms with Gasteiger partial charge in [-0.1, -0.05) is 6.92 Å². The van der Waals surface area contributed by atoms with Crippen molar-refractivity contribution in [2.45, 2.75) is 39.3 Å². The highest BCUT2D eigenvalue weighted by atomic mass is 16.5. The second kappa shape index (κ2) is 9.50. The Morgan fingerprint density at radius 2 is 2.30 bits per heavy atom. The third-order valence-corrected chi connectivity index (χ3v) is 3.17. The largest absolute Gasteiger partial charge is 0.383 e. The summed E-state index contributed by atoms with van der Waals surface area (Å²) in [5.41, 5.74) is 1.00. The number of methoxy groups -OCH3 is 1. The van der Waals surface area contributed by atoms with Gasteiger partial charge in [0.1, 0.15) is 0 Å². The topological polar surface area (TPSA) is 68.2 Å². The molecule has 6 heteroatoms. The van der Waals surface area contributed by atoms with E-state index < -0.39 is 0 Å². The third-order valence-electron chi connectivity index (χ3n) is 3.17. The van der Waals surface area contributed by atoms with Gasteiger partial charge < -0.3 is 15.4 Å². The molecule has 1 aromatic rings. The number of aromatic nitrogens is 2. The van der Waals surface area contributed by atoms with Crippen LogP contribution in [0.5, 0.6) is 0 Å². The number of hydrogen-bond acceptors (Lipinski definition) is 4. The average molecular weight is 282 g/mol. The third kappa shape index (κ3) is 6.16. The lowest BCUT2D eigenvalue weighted by atomic mass is 10.3. The van der Waals surface area contributed by atoms with E-state index in [2.05, 4.69) is 29.6 Å². The van der Waals surface area contributed by atoms with Crippen molar-refractivity contribution >= 4 is 5.91 Å². The fourth-order valence-corrected chi connectivity index (χ4v) is 1.70. The van der Waals surface area contributed by atoms with Crippen molar-refractivity contribution in [2.75, 3.05) is 26.8 Å². The lowest BCUT2D eigenvalue weighted by molar-refractivity contribution is -0.121. The number of carbonyl (C=O) groups is 1. The Balaban J connectivity index is 2.14. The molecule has 0 saturated heterocycles. The molecule has 1 heterocycles. The van der Waals surface area contributed by atoms with Crippen molar-refractivity contribution in [3.8, 4) is 0 Å². The molecule has 20 heavy (non-hydrogen) atoms. The Morgan fingerprint density at radius 1 is 1.50 bits per heavy atom. The van der Waals surface area contributed by atoms with E-state index in [0.717, 1.165) is 12.1 Å². The van der Waals surface area contributed by atoms with E-state index in [1.165, 1.54) is 0 Å². The number of hydrogen-bond donors (Lipinski definition) is 2. The molecule has 1 unspecified atom stereocenters. The molecule has 0 aliphatic rings. The normalized spacial score (nSPS) is 12.3. The molecule has 0 spiro atoms. The van der Waals surface area contributed by atoms with Crippen molar-refractivity contribution in [1.82, 2.24) is 20.4 Å². The van der Waals surface area contributed by atoms with Crippen LogP contribution in [0.25, 0.3) is 0 Å². The predicted octanol–water partition coefficient (Wildman–Crippen LogP) is 1.10. The van der Waals surface area contributed by atoms with Gasteiger partial charge in [-0.15, -0.1) is 0 Å². The summed E-state index contributed by atoms with van der Waals surface area (Å²) in [5.74, 6) is 0.0414. The first-order valence-electron chi connectivity index (χ1n) is 7.17. The van der Waals surface area contributed by atoms with Crippen LogP contribution in [0.4, 0.5) is 0 Å². The quantitative estimate of drug-likeness (QED) is 0.631. The highest BCUT2D eigenvalue weighted by Crippen LogP contribution is 2.08. The van der Waals surface area contributed by atoms with E-state index in [1.54, 1.807) is 7.11 Å². The van der Waals surface area contributed by atoms with Gasteiger partial charge in [-0.25, -0.2) is 0 Å². The summed E-state index contributed by atoms with van der Waals surface area (Å²) in [6, 6.07) is 2.44. The van der Waals surface area contributed by atoms with Gasteiger partial charge in [0.25, 0.3) is 0 Å². The van der Waals surface area contributed by atoms with Gasteiger partial charge >= 0.3 is 0 Å². The van der Waals surface area contributed by atoms with Crippen LogP contribution in [0.2, 0.25) is 0 Å². The Hall–Kier alpha value is -1.40. The molecular weight excluding hydrogens is 256 g/mol. The summed E-state index contributed by atoms with van der Waals surface area (Å²) < 4.78 is 6.85. The van der Waals surface area contributed by atoms with Crippen LogP contribution < -0.4 is 10.6 Å². The molecule has 6 nitrogen and oxygen atoms in total. The van der Waals surface area contributed by atoms with Crippen molar-refractivity contribution in [3.05, 3.63) is 18.0 Å². The van der Waals surface area contributed by atoms with Crippen LogP contribution in [0.1, 0.15) is 38.4 Å². The second-order valence-electron chi connectivity index (χ2n) is 4.81. The molecule has 1 amide bonds. The van der Waals surface area contributed by atoms with Gasteiger partial charge in [0, 0.05) is 45.4 Å². The summed E-state index contributed by atoms with van der Waals surface area (Å²) in [6.07, 6.45) is 3.54. The maximum Gasteiger partial charge on any atom is 0.221 e. The molecule has 0 aromatic carbocycles. The summed E-state index contributed by atoms with van der Waals surface area (Å²) in [6.45, 7) is 6.74. The molecule has 0 aliphatic heterocycles. The van der Waals surface area contributed by atoms with Crippen LogP contribution in [-0.2, 0) is 16.1 Å². The Bertz CT molecular complexity index is 392. The van der Waals surface area contributed by atoms with Crippen molar-refractivity contribution in [1.29, 1.82) is 0 Å². The molecule has 114 valence electrons. The Labute approximate surface area is 120 Å². The predicted molar refractivity (Wildman–Crippen MR) is 78.4 cm³/mol. The van der Waals surface area contributed by atoms with Crippen molar-refractivity contribution in [2.24, 2.45) is 0 Å². The highest BCUT2D eigenvalue weighted by Gasteiger charge is 2.04. The Kier molecular flexibility index (Phi) is 7.91. The van der Waals surface area contributed by atoms with E-state index in [-0.39, 0.29) is 5.91 Å². The number of ether oxygens (including phenoxy) is 1. The lowest BCUT2D eigenvalue weighted by Gasteiger charge is -2.08. The molecule has 1 atom stereocenters. The average Bonchev–Trinajstić information content (AvgIpc) is 2.92. The lowest BCUT2D eigenvalue weighted by Crippen LogP contribution is -2.30. The maximum absolute atomic E-state index is 11.4. The molecule has 1 aromatic heterocycles. The number of nitrogens with zero attached hydrogens (tertiary/aromatic N) is 2. The second-order valence-corrected chi connectivity index (χ2v) is 4.81. The van der Waals surface area contributed by atoms with E-state index in [9.17, 15) is 4.79 Å². The summed E-state index contributed by atoms with van der Waals surface area (Å²) >= 11 is 0. The zero-order valence-electron chi connectivity index (χ0n) is 12.7. The number of rotatable bonds is 10. The molecule has 0 saturated carbocycles. The monoisotopic (exact) mass is 282 g/mol. The summed E-state index contributed by atoms with van der Waals surface area (Å²) in [5, 5.41) is 10.5. The van der Waals surface area contributed by atoms with E-state index in [4.69, 9.17) is 4.74 Å². The fraction of sp³-hybridized carbons (Fsp3) is 0.714. The van der Waals surface area contributed by atoms with Gasteiger partial charge in [-0.3, -0.25) is 9.48 Å². The van der Waals surface area contributed by atoms with Crippen LogP contribution >= 0.6 is 0 Å². The number of carbonyl (C=O) groups excluding carboxylic acids is 1. The Morgan fingerprint density at radius 3 is 3.00 bits per heavy atom. The molecular formula is C14H26N4O2. The first-order chi connectivity index (χ1) is 9.67. The smallest absolute Gasteiger partial charge is 0.221 e. The molecule has 0 bridgehead atoms. The zero-order valence-corrected chi connectivity index (χ0v) is 12.7. The van der Waals surface area contributed by atoms with Gasteiger partial charge in [0.15, 0.2) is 0 Å². The molecule has 0 fully saturated rings. The van der Waals surface area contributed by atoms with E-state index in [1.807, 2.05) is 16.9 Å². The molecule has 0 radical (unpaired) electrons. The van der Waals surface area contributed by atoms with Gasteiger partial charge in [0.05, 0.1) is 12.3 Å². The molecule has 0 aliphatic carbocycles. The van der Waals surface area contributed by atoms with E-state index >= 15 is 0 Å². The first-order valence-corrected chi connectivity index (χ1v) is 7.17.